The summed E-state index contributed by atoms with van der Waals surface area (Å²) in [6.07, 6.45) is 0. The monoisotopic (exact) mass is 1450 g/mol. The quantitative estimate of drug-likeness (QED) is 0.0228. The number of hydrogen-bond donors (Lipinski definition) is 2. The first kappa shape index (κ1) is 86.5. The van der Waals surface area contributed by atoms with Crippen molar-refractivity contribution < 1.29 is 99.2 Å². The molecule has 0 bridgehead atoms. The summed E-state index contributed by atoms with van der Waals surface area (Å²) >= 11 is 8.48. The molecule has 5 heterocycles. The number of amides is 4. The molecule has 31 heteroatoms. The number of rotatable bonds is 12. The maximum Gasteiger partial charge on any atom is 1.00 e. The molecule has 524 valence electrons. The zero-order chi connectivity index (χ0) is 70.8. The van der Waals surface area contributed by atoms with Gasteiger partial charge in [-0.1, -0.05) is 72.1 Å². The number of azide groups is 1. The molecular weight excluding hydrogens is 1370 g/mol. The Bertz CT molecular complexity index is 3220. The number of ether oxygens (including phenoxy) is 5. The number of nitrogens with zero attached hydrogens (tertiary/aromatic N) is 11. The molecule has 0 spiro atoms. The minimum absolute atomic E-state index is 0. The number of alkyl halides is 1. The summed E-state index contributed by atoms with van der Waals surface area (Å²) < 4.78 is 91.0. The van der Waals surface area contributed by atoms with Crippen molar-refractivity contribution in [2.24, 2.45) is 10.8 Å². The van der Waals surface area contributed by atoms with Crippen LogP contribution < -0.4 is 40.6 Å². The Kier molecular flexibility index (Phi) is 44.4. The first-order valence-electron chi connectivity index (χ1n) is 31.0. The largest absolute Gasteiger partial charge is 1.00 e. The van der Waals surface area contributed by atoms with Gasteiger partial charge >= 0.3 is 29.6 Å². The van der Waals surface area contributed by atoms with Crippen LogP contribution in [0.15, 0.2) is 96.1 Å². The van der Waals surface area contributed by atoms with E-state index in [1.165, 1.54) is 91.3 Å². The van der Waals surface area contributed by atoms with Gasteiger partial charge in [-0.2, -0.15) is 0 Å². The number of hydrogen-bond acceptors (Lipinski definition) is 14. The van der Waals surface area contributed by atoms with E-state index in [-0.39, 0.29) is 89.0 Å². The van der Waals surface area contributed by atoms with Crippen LogP contribution in [0.4, 0.5) is 22.0 Å². The molecule has 5 aromatic rings. The van der Waals surface area contributed by atoms with Crippen LogP contribution in [0, 0.1) is 42.9 Å². The fraction of sp³-hybridized carbons (Fsp3) is 0.470. The van der Waals surface area contributed by atoms with Gasteiger partial charge in [-0.15, -0.1) is 0 Å². The van der Waals surface area contributed by atoms with Gasteiger partial charge in [0, 0.05) is 110 Å². The maximum absolute atomic E-state index is 13.3. The van der Waals surface area contributed by atoms with Crippen molar-refractivity contribution in [2.75, 3.05) is 151 Å². The first-order chi connectivity index (χ1) is 46.2. The Morgan fingerprint density at radius 1 is 0.505 bits per heavy atom. The number of benzene rings is 5. The van der Waals surface area contributed by atoms with E-state index in [0.29, 0.717) is 144 Å². The SMILES string of the molecule is C1COCCN1.CCN(CC)CC.Cc1ccc(F)cc1C(=O)Cl.Cc1ccc(F)cc1C(=O)N1CCOCC1.NCc1ccc(F)cc1C(=O)N1CCOCC1.O=C(c1cc(F)ccc1CBr)N1CCOCC1.[N-]=[N+]=NCc1ccc(F)cc1C(=O)N1CCOCC1.[N-]=[N+]=[N-].[Na+]. The molecule has 10 rings (SSSR count). The van der Waals surface area contributed by atoms with Crippen molar-refractivity contribution >= 4 is 56.4 Å². The molecule has 5 aromatic carbocycles. The summed E-state index contributed by atoms with van der Waals surface area (Å²) in [7, 11) is 0. The maximum atomic E-state index is 13.3. The van der Waals surface area contributed by atoms with Gasteiger partial charge in [0.2, 0.25) is 0 Å². The van der Waals surface area contributed by atoms with Gasteiger partial charge in [-0.3, -0.25) is 28.9 Å². The van der Waals surface area contributed by atoms with Gasteiger partial charge in [0.1, 0.15) is 29.1 Å². The molecule has 5 aliphatic rings. The molecule has 97 heavy (non-hydrogen) atoms. The van der Waals surface area contributed by atoms with E-state index >= 15 is 0 Å². The second-order valence-corrected chi connectivity index (χ2v) is 21.9. The average molecular weight is 1450 g/mol. The number of carbonyl (C=O) groups is 5. The molecule has 0 atom stereocenters. The zero-order valence-electron chi connectivity index (χ0n) is 55.8. The van der Waals surface area contributed by atoms with E-state index < -0.39 is 22.7 Å². The number of morpholine rings is 5. The Morgan fingerprint density at radius 3 is 1.08 bits per heavy atom. The Morgan fingerprint density at radius 2 is 0.794 bits per heavy atom. The molecule has 4 amide bonds. The molecule has 0 aliphatic carbocycles. The predicted octanol–water partition coefficient (Wildman–Crippen LogP) is 8.00. The Hall–Kier alpha value is -6.63. The van der Waals surface area contributed by atoms with Crippen molar-refractivity contribution in [3.8, 4) is 0 Å². The summed E-state index contributed by atoms with van der Waals surface area (Å²) in [5.41, 5.74) is 32.6. The molecule has 0 radical (unpaired) electrons. The fourth-order valence-electron chi connectivity index (χ4n) is 9.35. The second kappa shape index (κ2) is 49.8. The van der Waals surface area contributed by atoms with Crippen molar-refractivity contribution in [3.05, 3.63) is 202 Å². The molecule has 0 unspecified atom stereocenters. The van der Waals surface area contributed by atoms with E-state index in [4.69, 9.17) is 57.6 Å². The third-order valence-corrected chi connectivity index (χ3v) is 15.6. The zero-order valence-corrected chi connectivity index (χ0v) is 60.1. The number of carbonyl (C=O) groups excluding carboxylic acids is 5. The summed E-state index contributed by atoms with van der Waals surface area (Å²) in [5, 5.41) is 6.50. The van der Waals surface area contributed by atoms with Crippen molar-refractivity contribution in [3.63, 3.8) is 0 Å². The van der Waals surface area contributed by atoms with E-state index in [0.717, 1.165) is 43.5 Å². The van der Waals surface area contributed by atoms with Crippen LogP contribution >= 0.6 is 27.5 Å². The van der Waals surface area contributed by atoms with E-state index in [1.54, 1.807) is 44.7 Å². The average Bonchev–Trinajstić information content (AvgIpc) is 1.13. The normalized spacial score (nSPS) is 14.6. The molecule has 23 nitrogen and oxygen atoms in total. The number of nitrogens with two attached hydrogens (primary N) is 1. The van der Waals surface area contributed by atoms with Crippen LogP contribution in [0.1, 0.15) is 100 Å². The van der Waals surface area contributed by atoms with E-state index in [1.807, 2.05) is 6.92 Å². The molecule has 0 aromatic heterocycles. The van der Waals surface area contributed by atoms with Crippen LogP contribution in [0.25, 0.3) is 26.4 Å². The summed E-state index contributed by atoms with van der Waals surface area (Å²) in [6, 6.07) is 20.6. The fourth-order valence-corrected chi connectivity index (χ4v) is 10.0. The Balaban J connectivity index is 0.000000391. The standard InChI is InChI=1S/C12H13BrFNO2.C12H13FN4O2.C12H15FN2O2.C12H14FNO2.C8H6ClFO.C6H15N.C4H9NO.N3.Na/c13-8-9-1-2-10(14)7-11(9)12(16)15-3-5-17-6-4-15;13-10-2-1-9(8-15-16-14)11(7-10)12(18)17-3-5-19-6-4-17;13-10-2-1-9(8-14)11(7-10)12(16)15-3-5-17-6-4-15;1-9-2-3-10(13)8-11(9)12(15)14-4-6-16-7-5-14;1-5-2-3-6(10)4-7(5)8(9)11;1-4-7(5-2)6-3;1-3-6-4-2-5-1;1-3-2;/h1-2,7H,3-6,8H2;1-2,7H,3-6,8H2;1-2,7H,3-6,8,14H2;2-3,8H,4-7H2,1H3;2-4H,1H3;4-6H2,1-3H3;5H,1-4H2;;/q;;;;;;;-1;+1. The number of nitrogens with one attached hydrogen (secondary N) is 1. The van der Waals surface area contributed by atoms with Crippen molar-refractivity contribution in [2.45, 2.75) is 53.0 Å². The smallest absolute Gasteiger partial charge is 0.379 e. The van der Waals surface area contributed by atoms with Gasteiger partial charge in [0.25, 0.3) is 28.9 Å². The van der Waals surface area contributed by atoms with Gasteiger partial charge < -0.3 is 70.3 Å². The molecule has 3 N–H and O–H groups in total. The molecule has 5 saturated heterocycles. The number of aryl methyl sites for hydroxylation is 2. The molecule has 5 aliphatic heterocycles. The topological polar surface area (TPSA) is 293 Å². The van der Waals surface area contributed by atoms with Gasteiger partial charge in [0.15, 0.2) is 0 Å². The van der Waals surface area contributed by atoms with E-state index in [9.17, 15) is 45.9 Å². The minimum Gasteiger partial charge on any atom is -0.379 e. The third-order valence-electron chi connectivity index (χ3n) is 14.8. The van der Waals surface area contributed by atoms with Gasteiger partial charge in [0.05, 0.1) is 72.6 Å². The van der Waals surface area contributed by atoms with Crippen LogP contribution in [-0.4, -0.2) is 205 Å². The summed E-state index contributed by atoms with van der Waals surface area (Å²) in [5.74, 6) is -2.77. The molecular formula is C66H85BrClF5N13NaO10. The van der Waals surface area contributed by atoms with Gasteiger partial charge in [-0.25, -0.2) is 22.0 Å². The number of halogens is 7. The second-order valence-electron chi connectivity index (χ2n) is 21.0. The van der Waals surface area contributed by atoms with Crippen molar-refractivity contribution in [1.82, 2.24) is 29.8 Å². The summed E-state index contributed by atoms with van der Waals surface area (Å²) in [6.45, 7) is 26.3. The van der Waals surface area contributed by atoms with Crippen molar-refractivity contribution in [1.29, 1.82) is 0 Å². The van der Waals surface area contributed by atoms with E-state index in [2.05, 4.69) is 56.9 Å². The first-order valence-corrected chi connectivity index (χ1v) is 32.5. The predicted molar refractivity (Wildman–Crippen MR) is 359 cm³/mol. The van der Waals surface area contributed by atoms with Crippen LogP contribution in [0.3, 0.4) is 0 Å². The third kappa shape index (κ3) is 31.8. The summed E-state index contributed by atoms with van der Waals surface area (Å²) in [4.78, 5) is 72.6. The minimum atomic E-state index is -0.623. The Labute approximate surface area is 598 Å². The molecule has 0 saturated carbocycles. The van der Waals surface area contributed by atoms with Crippen LogP contribution in [-0.2, 0) is 42.1 Å². The van der Waals surface area contributed by atoms with Crippen LogP contribution in [0.2, 0.25) is 0 Å². The van der Waals surface area contributed by atoms with Gasteiger partial charge in [-0.05, 0) is 139 Å². The molecule has 5 fully saturated rings. The van der Waals surface area contributed by atoms with Crippen LogP contribution in [0.5, 0.6) is 0 Å².